The Labute approximate surface area is 194 Å². The van der Waals surface area contributed by atoms with E-state index in [9.17, 15) is 4.79 Å². The summed E-state index contributed by atoms with van der Waals surface area (Å²) in [5, 5.41) is 1.60. The molecule has 4 rings (SSSR count). The maximum atomic E-state index is 12.7. The Morgan fingerprint density at radius 2 is 1.38 bits per heavy atom. The molecule has 6 nitrogen and oxygen atoms in total. The summed E-state index contributed by atoms with van der Waals surface area (Å²) in [4.78, 5) is 23.6. The Hall–Kier alpha value is -3.23. The molecule has 0 atom stereocenters. The van der Waals surface area contributed by atoms with Crippen molar-refractivity contribution < 1.29 is 19.0 Å². The molecule has 0 radical (unpaired) electrons. The van der Waals surface area contributed by atoms with Crippen LogP contribution in [0, 0.1) is 6.92 Å². The van der Waals surface area contributed by atoms with Crippen LogP contribution in [0.25, 0.3) is 31.7 Å². The van der Waals surface area contributed by atoms with Crippen LogP contribution >= 0.6 is 22.7 Å². The Morgan fingerprint density at radius 3 is 1.88 bits per heavy atom. The number of aromatic nitrogens is 2. The molecule has 0 saturated heterocycles. The molecule has 32 heavy (non-hydrogen) atoms. The molecule has 2 aromatic heterocycles. The van der Waals surface area contributed by atoms with Gasteiger partial charge in [-0.15, -0.1) is 22.7 Å². The molecule has 0 amide bonds. The lowest BCUT2D eigenvalue weighted by atomic mass is 10.2. The van der Waals surface area contributed by atoms with Gasteiger partial charge in [0.2, 0.25) is 0 Å². The summed E-state index contributed by atoms with van der Waals surface area (Å²) >= 11 is 2.83. The first kappa shape index (κ1) is 22.0. The summed E-state index contributed by atoms with van der Waals surface area (Å²) in [6.07, 6.45) is 0. The van der Waals surface area contributed by atoms with Crippen molar-refractivity contribution in [1.82, 2.24) is 9.97 Å². The Bertz CT molecular complexity index is 1230. The van der Waals surface area contributed by atoms with E-state index in [1.165, 1.54) is 22.7 Å². The van der Waals surface area contributed by atoms with Gasteiger partial charge < -0.3 is 14.2 Å². The predicted molar refractivity (Wildman–Crippen MR) is 128 cm³/mol. The van der Waals surface area contributed by atoms with Gasteiger partial charge in [-0.05, 0) is 62.4 Å². The molecule has 0 aliphatic carbocycles. The van der Waals surface area contributed by atoms with Gasteiger partial charge in [0, 0.05) is 11.1 Å². The third-order valence-electron chi connectivity index (χ3n) is 4.77. The van der Waals surface area contributed by atoms with Crippen LogP contribution in [0.3, 0.4) is 0 Å². The first-order valence-corrected chi connectivity index (χ1v) is 11.6. The second-order valence-corrected chi connectivity index (χ2v) is 8.81. The van der Waals surface area contributed by atoms with Gasteiger partial charge in [-0.3, -0.25) is 0 Å². The molecule has 0 spiro atoms. The van der Waals surface area contributed by atoms with E-state index in [1.807, 2.05) is 55.5 Å². The molecule has 4 aromatic rings. The maximum absolute atomic E-state index is 12.7. The van der Waals surface area contributed by atoms with E-state index in [-0.39, 0.29) is 5.97 Å². The summed E-state index contributed by atoms with van der Waals surface area (Å²) in [7, 11) is 3.27. The molecular weight excluding hydrogens is 444 g/mol. The largest absolute Gasteiger partial charge is 0.497 e. The lowest BCUT2D eigenvalue weighted by Gasteiger charge is -2.01. The lowest BCUT2D eigenvalue weighted by Crippen LogP contribution is -2.03. The van der Waals surface area contributed by atoms with E-state index in [0.29, 0.717) is 17.2 Å². The fourth-order valence-corrected chi connectivity index (χ4v) is 5.24. The number of carbonyl (C=O) groups excluding carboxylic acids is 1. The van der Waals surface area contributed by atoms with Gasteiger partial charge in [0.1, 0.15) is 32.1 Å². The van der Waals surface area contributed by atoms with Crippen molar-refractivity contribution in [3.8, 4) is 43.2 Å². The third-order valence-corrected chi connectivity index (χ3v) is 7.07. The number of esters is 1. The van der Waals surface area contributed by atoms with Crippen LogP contribution in [0.4, 0.5) is 0 Å². The van der Waals surface area contributed by atoms with Crippen molar-refractivity contribution in [2.24, 2.45) is 0 Å². The number of benzene rings is 2. The number of carbonyl (C=O) groups is 1. The van der Waals surface area contributed by atoms with Gasteiger partial charge in [0.05, 0.1) is 31.4 Å². The summed E-state index contributed by atoms with van der Waals surface area (Å²) in [6.45, 7) is 4.02. The monoisotopic (exact) mass is 466 g/mol. The van der Waals surface area contributed by atoms with Crippen molar-refractivity contribution in [3.05, 3.63) is 59.1 Å². The van der Waals surface area contributed by atoms with Crippen LogP contribution in [0.5, 0.6) is 11.5 Å². The summed E-state index contributed by atoms with van der Waals surface area (Å²) in [6, 6.07) is 15.4. The molecule has 8 heteroatoms. The quantitative estimate of drug-likeness (QED) is 0.306. The van der Waals surface area contributed by atoms with Gasteiger partial charge in [0.25, 0.3) is 0 Å². The molecule has 0 bridgehead atoms. The molecular formula is C24H22N2O4S2. The average Bonchev–Trinajstić information content (AvgIpc) is 3.43. The van der Waals surface area contributed by atoms with E-state index in [2.05, 4.69) is 0 Å². The highest BCUT2D eigenvalue weighted by molar-refractivity contribution is 7.20. The highest BCUT2D eigenvalue weighted by atomic mass is 32.1. The minimum absolute atomic E-state index is 0.298. The Morgan fingerprint density at radius 1 is 0.844 bits per heavy atom. The highest BCUT2D eigenvalue weighted by Gasteiger charge is 2.25. The van der Waals surface area contributed by atoms with Gasteiger partial charge in [-0.1, -0.05) is 0 Å². The first-order valence-electron chi connectivity index (χ1n) is 9.98. The van der Waals surface area contributed by atoms with E-state index in [4.69, 9.17) is 24.2 Å². The summed E-state index contributed by atoms with van der Waals surface area (Å²) < 4.78 is 15.8. The van der Waals surface area contributed by atoms with E-state index < -0.39 is 0 Å². The average molecular weight is 467 g/mol. The minimum Gasteiger partial charge on any atom is -0.497 e. The number of aryl methyl sites for hydroxylation is 1. The molecule has 0 unspecified atom stereocenters. The molecule has 0 aliphatic heterocycles. The zero-order chi connectivity index (χ0) is 22.7. The maximum Gasteiger partial charge on any atom is 0.350 e. The topological polar surface area (TPSA) is 70.5 Å². The van der Waals surface area contributed by atoms with Gasteiger partial charge >= 0.3 is 5.97 Å². The summed E-state index contributed by atoms with van der Waals surface area (Å²) in [5.74, 6) is 1.17. The number of rotatable bonds is 7. The van der Waals surface area contributed by atoms with Crippen molar-refractivity contribution in [3.63, 3.8) is 0 Å². The zero-order valence-corrected chi connectivity index (χ0v) is 19.8. The SMILES string of the molecule is CCOC(=O)c1sc(-c2ccc(OC)cc2)nc1-c1sc(-c2ccc(OC)cc2)nc1C. The second kappa shape index (κ2) is 9.50. The first-order chi connectivity index (χ1) is 15.5. The number of hydrogen-bond donors (Lipinski definition) is 0. The van der Waals surface area contributed by atoms with Crippen molar-refractivity contribution in [2.75, 3.05) is 20.8 Å². The number of thiazole rings is 2. The van der Waals surface area contributed by atoms with Crippen LogP contribution in [0.15, 0.2) is 48.5 Å². The van der Waals surface area contributed by atoms with E-state index in [0.717, 1.165) is 43.2 Å². The third kappa shape index (κ3) is 4.37. The fraction of sp³-hybridized carbons (Fsp3) is 0.208. The summed E-state index contributed by atoms with van der Waals surface area (Å²) in [5.41, 5.74) is 3.31. The molecule has 164 valence electrons. The number of nitrogens with zero attached hydrogens (tertiary/aromatic N) is 2. The van der Waals surface area contributed by atoms with Crippen LogP contribution in [0.1, 0.15) is 22.3 Å². The molecule has 0 N–H and O–H groups in total. The van der Waals surface area contributed by atoms with E-state index in [1.54, 1.807) is 21.1 Å². The zero-order valence-electron chi connectivity index (χ0n) is 18.2. The standard InChI is InChI=1S/C24H22N2O4S2/c1-5-30-24(27)21-19(26-23(32-21)16-8-12-18(29-4)13-9-16)20-14(2)25-22(31-20)15-6-10-17(28-3)11-7-15/h6-13H,5H2,1-4H3. The molecule has 2 aromatic carbocycles. The Kier molecular flexibility index (Phi) is 6.53. The molecule has 0 fully saturated rings. The van der Waals surface area contributed by atoms with Crippen LogP contribution in [0.2, 0.25) is 0 Å². The smallest absolute Gasteiger partial charge is 0.350 e. The molecule has 2 heterocycles. The highest BCUT2D eigenvalue weighted by Crippen LogP contribution is 2.41. The van der Waals surface area contributed by atoms with E-state index >= 15 is 0 Å². The molecule has 0 saturated carbocycles. The van der Waals surface area contributed by atoms with Crippen LogP contribution in [-0.2, 0) is 4.74 Å². The molecule has 0 aliphatic rings. The van der Waals surface area contributed by atoms with Crippen molar-refractivity contribution >= 4 is 28.6 Å². The lowest BCUT2D eigenvalue weighted by molar-refractivity contribution is 0.0532. The van der Waals surface area contributed by atoms with Crippen molar-refractivity contribution in [2.45, 2.75) is 13.8 Å². The van der Waals surface area contributed by atoms with Crippen LogP contribution < -0.4 is 9.47 Å². The number of hydrogen-bond acceptors (Lipinski definition) is 8. The second-order valence-electron chi connectivity index (χ2n) is 6.81. The van der Waals surface area contributed by atoms with Gasteiger partial charge in [0.15, 0.2) is 0 Å². The normalized spacial score (nSPS) is 10.8. The number of methoxy groups -OCH3 is 2. The fourth-order valence-electron chi connectivity index (χ4n) is 3.14. The predicted octanol–water partition coefficient (Wildman–Crippen LogP) is 6.10. The minimum atomic E-state index is -0.376. The van der Waals surface area contributed by atoms with Crippen LogP contribution in [-0.4, -0.2) is 36.8 Å². The van der Waals surface area contributed by atoms with Gasteiger partial charge in [-0.2, -0.15) is 0 Å². The number of ether oxygens (including phenoxy) is 3. The van der Waals surface area contributed by atoms with Crippen molar-refractivity contribution in [1.29, 1.82) is 0 Å². The van der Waals surface area contributed by atoms with Gasteiger partial charge in [-0.25, -0.2) is 14.8 Å². The Balaban J connectivity index is 1.78.